The number of hydrogen-bond acceptors (Lipinski definition) is 3. The van der Waals surface area contributed by atoms with Crippen molar-refractivity contribution in [2.45, 2.75) is 31.1 Å². The van der Waals surface area contributed by atoms with E-state index < -0.39 is 0 Å². The van der Waals surface area contributed by atoms with Gasteiger partial charge in [-0.1, -0.05) is 13.3 Å². The Hall–Kier alpha value is -1.49. The van der Waals surface area contributed by atoms with Crippen LogP contribution in [-0.2, 0) is 9.59 Å². The average molecular weight is 306 g/mol. The van der Waals surface area contributed by atoms with E-state index in [4.69, 9.17) is 0 Å². The molecule has 0 bridgehead atoms. The van der Waals surface area contributed by atoms with Crippen molar-refractivity contribution in [1.29, 1.82) is 0 Å². The van der Waals surface area contributed by atoms with Crippen LogP contribution in [0.3, 0.4) is 0 Å². The summed E-state index contributed by atoms with van der Waals surface area (Å²) in [6.45, 7) is 3.27. The minimum absolute atomic E-state index is 0.0000314. The van der Waals surface area contributed by atoms with Crippen molar-refractivity contribution >= 4 is 29.3 Å². The lowest BCUT2D eigenvalue weighted by Gasteiger charge is -2.17. The number of nitrogens with one attached hydrogen (secondary N) is 1. The fourth-order valence-corrected chi connectivity index (χ4v) is 2.84. The summed E-state index contributed by atoms with van der Waals surface area (Å²) in [6, 6.07) is 7.89. The van der Waals surface area contributed by atoms with Gasteiger partial charge in [0, 0.05) is 30.1 Å². The zero-order valence-corrected chi connectivity index (χ0v) is 13.4. The Morgan fingerprint density at radius 3 is 2.71 bits per heavy atom. The highest BCUT2D eigenvalue weighted by Gasteiger charge is 2.34. The standard InChI is InChI=1S/C16H22N2O2S/c1-3-4-9-17-16(20)12-10-15(19)18(11-12)13-5-7-14(21-2)8-6-13/h5-8,12H,3-4,9-11H2,1-2H3,(H,17,20)/t12-/m0/s1. The van der Waals surface area contributed by atoms with Gasteiger partial charge in [0.1, 0.15) is 0 Å². The summed E-state index contributed by atoms with van der Waals surface area (Å²) in [7, 11) is 0. The predicted octanol–water partition coefficient (Wildman–Crippen LogP) is 2.68. The van der Waals surface area contributed by atoms with Crippen molar-refractivity contribution in [2.24, 2.45) is 5.92 Å². The molecule has 0 spiro atoms. The van der Waals surface area contributed by atoms with Gasteiger partial charge in [0.05, 0.1) is 5.92 Å². The maximum absolute atomic E-state index is 12.1. The monoisotopic (exact) mass is 306 g/mol. The molecule has 1 N–H and O–H groups in total. The van der Waals surface area contributed by atoms with E-state index in [0.717, 1.165) is 18.5 Å². The van der Waals surface area contributed by atoms with Crippen LogP contribution in [0.15, 0.2) is 29.2 Å². The average Bonchev–Trinajstić information content (AvgIpc) is 2.89. The molecule has 4 nitrogen and oxygen atoms in total. The first kappa shape index (κ1) is 15.9. The molecule has 1 aliphatic rings. The first-order chi connectivity index (χ1) is 10.2. The highest BCUT2D eigenvalue weighted by Crippen LogP contribution is 2.27. The Balaban J connectivity index is 1.96. The van der Waals surface area contributed by atoms with E-state index in [2.05, 4.69) is 12.2 Å². The summed E-state index contributed by atoms with van der Waals surface area (Å²) in [6.07, 6.45) is 4.36. The Labute approximate surface area is 130 Å². The highest BCUT2D eigenvalue weighted by molar-refractivity contribution is 7.98. The number of amides is 2. The predicted molar refractivity (Wildman–Crippen MR) is 86.6 cm³/mol. The Bertz CT molecular complexity index is 502. The molecule has 114 valence electrons. The van der Waals surface area contributed by atoms with Gasteiger partial charge in [-0.3, -0.25) is 9.59 Å². The molecule has 0 unspecified atom stereocenters. The maximum Gasteiger partial charge on any atom is 0.227 e. The van der Waals surface area contributed by atoms with Crippen molar-refractivity contribution in [1.82, 2.24) is 5.32 Å². The molecule has 21 heavy (non-hydrogen) atoms. The van der Waals surface area contributed by atoms with Crippen LogP contribution in [0.1, 0.15) is 26.2 Å². The fourth-order valence-electron chi connectivity index (χ4n) is 2.43. The number of carbonyl (C=O) groups is 2. The zero-order valence-electron chi connectivity index (χ0n) is 12.6. The van der Waals surface area contributed by atoms with Crippen LogP contribution in [-0.4, -0.2) is 31.2 Å². The summed E-state index contributed by atoms with van der Waals surface area (Å²) in [5, 5.41) is 2.92. The smallest absolute Gasteiger partial charge is 0.227 e. The van der Waals surface area contributed by atoms with Gasteiger partial charge in [-0.05, 0) is 36.9 Å². The number of nitrogens with zero attached hydrogens (tertiary/aromatic N) is 1. The SMILES string of the molecule is CCCCNC(=O)[C@H]1CC(=O)N(c2ccc(SC)cc2)C1. The maximum atomic E-state index is 12.1. The van der Waals surface area contributed by atoms with Gasteiger partial charge in [0.25, 0.3) is 0 Å². The van der Waals surface area contributed by atoms with Crippen LogP contribution < -0.4 is 10.2 Å². The molecule has 1 aromatic carbocycles. The largest absolute Gasteiger partial charge is 0.356 e. The number of benzene rings is 1. The molecule has 1 saturated heterocycles. The first-order valence-corrected chi connectivity index (χ1v) is 8.60. The molecule has 0 radical (unpaired) electrons. The number of thioether (sulfide) groups is 1. The normalized spacial score (nSPS) is 18.1. The van der Waals surface area contributed by atoms with Crippen molar-refractivity contribution < 1.29 is 9.59 Å². The minimum atomic E-state index is -0.227. The van der Waals surface area contributed by atoms with Gasteiger partial charge in [0.2, 0.25) is 11.8 Å². The van der Waals surface area contributed by atoms with Crippen LogP contribution in [0.25, 0.3) is 0 Å². The summed E-state index contributed by atoms with van der Waals surface area (Å²) in [5.41, 5.74) is 0.877. The second-order valence-corrected chi connectivity index (χ2v) is 6.13. The van der Waals surface area contributed by atoms with Crippen LogP contribution in [0.5, 0.6) is 0 Å². The second kappa shape index (κ2) is 7.50. The van der Waals surface area contributed by atoms with E-state index in [9.17, 15) is 9.59 Å². The topological polar surface area (TPSA) is 49.4 Å². The van der Waals surface area contributed by atoms with Crippen LogP contribution in [0, 0.1) is 5.92 Å². The minimum Gasteiger partial charge on any atom is -0.356 e. The summed E-state index contributed by atoms with van der Waals surface area (Å²) in [4.78, 5) is 27.0. The number of hydrogen-bond donors (Lipinski definition) is 1. The van der Waals surface area contributed by atoms with Gasteiger partial charge >= 0.3 is 0 Å². The lowest BCUT2D eigenvalue weighted by Crippen LogP contribution is -2.33. The lowest BCUT2D eigenvalue weighted by molar-refractivity contribution is -0.126. The molecule has 2 rings (SSSR count). The molecular weight excluding hydrogens is 284 g/mol. The second-order valence-electron chi connectivity index (χ2n) is 5.25. The number of carbonyl (C=O) groups excluding carboxylic acids is 2. The Morgan fingerprint density at radius 1 is 1.38 bits per heavy atom. The molecule has 1 aliphatic heterocycles. The van der Waals surface area contributed by atoms with E-state index in [0.29, 0.717) is 19.5 Å². The van der Waals surface area contributed by atoms with E-state index in [1.165, 1.54) is 4.90 Å². The molecule has 1 aromatic rings. The highest BCUT2D eigenvalue weighted by atomic mass is 32.2. The van der Waals surface area contributed by atoms with Crippen molar-refractivity contribution in [2.75, 3.05) is 24.2 Å². The van der Waals surface area contributed by atoms with Crippen LogP contribution in [0.4, 0.5) is 5.69 Å². The van der Waals surface area contributed by atoms with Crippen molar-refractivity contribution in [3.8, 4) is 0 Å². The quantitative estimate of drug-likeness (QED) is 0.649. The van der Waals surface area contributed by atoms with Gasteiger partial charge in [0.15, 0.2) is 0 Å². The number of unbranched alkanes of at least 4 members (excludes halogenated alkanes) is 1. The Kier molecular flexibility index (Phi) is 5.67. The molecular formula is C16H22N2O2S. The van der Waals surface area contributed by atoms with Crippen molar-refractivity contribution in [3.05, 3.63) is 24.3 Å². The third kappa shape index (κ3) is 4.00. The molecule has 5 heteroatoms. The number of rotatable bonds is 6. The molecule has 0 aliphatic carbocycles. The first-order valence-electron chi connectivity index (χ1n) is 7.37. The molecule has 0 aromatic heterocycles. The van der Waals surface area contributed by atoms with Crippen LogP contribution >= 0.6 is 11.8 Å². The van der Waals surface area contributed by atoms with Gasteiger partial charge in [-0.15, -0.1) is 11.8 Å². The van der Waals surface area contributed by atoms with Crippen LogP contribution in [0.2, 0.25) is 0 Å². The van der Waals surface area contributed by atoms with E-state index >= 15 is 0 Å². The molecule has 1 fully saturated rings. The Morgan fingerprint density at radius 2 is 2.10 bits per heavy atom. The molecule has 1 heterocycles. The third-order valence-electron chi connectivity index (χ3n) is 3.71. The van der Waals surface area contributed by atoms with Crippen molar-refractivity contribution in [3.63, 3.8) is 0 Å². The van der Waals surface area contributed by atoms with Gasteiger partial charge in [-0.25, -0.2) is 0 Å². The van der Waals surface area contributed by atoms with E-state index in [1.807, 2.05) is 30.5 Å². The van der Waals surface area contributed by atoms with Gasteiger partial charge in [-0.2, -0.15) is 0 Å². The zero-order chi connectivity index (χ0) is 15.2. The lowest BCUT2D eigenvalue weighted by atomic mass is 10.1. The molecule has 1 atom stereocenters. The summed E-state index contributed by atoms with van der Waals surface area (Å²) in [5.74, 6) is -0.197. The van der Waals surface area contributed by atoms with Gasteiger partial charge < -0.3 is 10.2 Å². The van der Waals surface area contributed by atoms with E-state index in [-0.39, 0.29) is 17.7 Å². The number of anilines is 1. The summed E-state index contributed by atoms with van der Waals surface area (Å²) >= 11 is 1.67. The van der Waals surface area contributed by atoms with E-state index in [1.54, 1.807) is 16.7 Å². The molecule has 0 saturated carbocycles. The molecule has 2 amide bonds. The fraction of sp³-hybridized carbons (Fsp3) is 0.500. The third-order valence-corrected chi connectivity index (χ3v) is 4.45. The summed E-state index contributed by atoms with van der Waals surface area (Å²) < 4.78 is 0.